The smallest absolute Gasteiger partial charge is 0.0552 e. The minimum atomic E-state index is 1.01. The van der Waals surface area contributed by atoms with Crippen molar-refractivity contribution in [3.05, 3.63) is 66.2 Å². The summed E-state index contributed by atoms with van der Waals surface area (Å²) in [6.45, 7) is 4.00. The first-order chi connectivity index (χ1) is 5.86. The molecule has 58 valence electrons. The first-order valence-corrected chi connectivity index (χ1v) is 4.13. The molecule has 0 saturated carbocycles. The van der Waals surface area contributed by atoms with Gasteiger partial charge in [0.15, 0.2) is 0 Å². The van der Waals surface area contributed by atoms with E-state index in [0.29, 0.717) is 0 Å². The average Bonchev–Trinajstić information content (AvgIpc) is 2.38. The molecule has 0 heterocycles. The monoisotopic (exact) mass is 155 g/mol. The van der Waals surface area contributed by atoms with E-state index in [-0.39, 0.29) is 0 Å². The third kappa shape index (κ3) is 1.28. The van der Waals surface area contributed by atoms with Gasteiger partial charge in [0.1, 0.15) is 0 Å². The summed E-state index contributed by atoms with van der Waals surface area (Å²) >= 11 is 0. The highest BCUT2D eigenvalue weighted by Gasteiger charge is 2.13. The van der Waals surface area contributed by atoms with Crippen LogP contribution < -0.4 is 0 Å². The zero-order chi connectivity index (χ0) is 8.39. The molecule has 2 aliphatic carbocycles. The zero-order valence-corrected chi connectivity index (χ0v) is 6.96. The lowest BCUT2D eigenvalue weighted by Gasteiger charge is -1.96. The van der Waals surface area contributed by atoms with E-state index in [9.17, 15) is 0 Å². The number of fused-ring (bicyclic) bond motifs is 2. The van der Waals surface area contributed by atoms with Crippen LogP contribution in [0.4, 0.5) is 0 Å². The van der Waals surface area contributed by atoms with E-state index < -0.39 is 0 Å². The molecule has 12 heavy (non-hydrogen) atoms. The van der Waals surface area contributed by atoms with Crippen LogP contribution in [-0.4, -0.2) is 0 Å². The van der Waals surface area contributed by atoms with Gasteiger partial charge in [0, 0.05) is 29.7 Å². The lowest BCUT2D eigenvalue weighted by atomic mass is 10.0. The topological polar surface area (TPSA) is 0 Å². The molecule has 0 aromatic heterocycles. The van der Waals surface area contributed by atoms with E-state index in [1.54, 1.807) is 0 Å². The summed E-state index contributed by atoms with van der Waals surface area (Å²) in [4.78, 5) is 0. The fourth-order valence-electron chi connectivity index (χ4n) is 1.42. The highest BCUT2D eigenvalue weighted by Crippen LogP contribution is 2.25. The molecular formula is C12H11+. The largest absolute Gasteiger partial charge is 0.0781 e. The molecule has 0 N–H and O–H groups in total. The summed E-state index contributed by atoms with van der Waals surface area (Å²) in [6, 6.07) is 0. The fourth-order valence-corrected chi connectivity index (χ4v) is 1.42. The van der Waals surface area contributed by atoms with Gasteiger partial charge in [0.2, 0.25) is 0 Å². The van der Waals surface area contributed by atoms with E-state index in [4.69, 9.17) is 0 Å². The van der Waals surface area contributed by atoms with E-state index in [1.165, 1.54) is 11.1 Å². The van der Waals surface area contributed by atoms with Gasteiger partial charge in [-0.05, 0) is 12.2 Å². The summed E-state index contributed by atoms with van der Waals surface area (Å²) in [5, 5.41) is 0. The van der Waals surface area contributed by atoms with Crippen molar-refractivity contribution in [2.75, 3.05) is 0 Å². The predicted octanol–water partition coefficient (Wildman–Crippen LogP) is 3.13. The van der Waals surface area contributed by atoms with Crippen LogP contribution >= 0.6 is 0 Å². The minimum Gasteiger partial charge on any atom is -0.0781 e. The van der Waals surface area contributed by atoms with Crippen LogP contribution in [0.1, 0.15) is 6.42 Å². The van der Waals surface area contributed by atoms with Crippen LogP contribution in [0.5, 0.6) is 0 Å². The Kier molecular flexibility index (Phi) is 1.75. The molecular weight excluding hydrogens is 144 g/mol. The normalized spacial score (nSPS) is 20.5. The standard InChI is InChI=1S/C12H11/c1-10-5-4-7-11-6-2-3-8-12(10)9-11/h2-8H,1,9H2/q+1. The summed E-state index contributed by atoms with van der Waals surface area (Å²) in [7, 11) is 0. The highest BCUT2D eigenvalue weighted by atomic mass is 14.1. The van der Waals surface area contributed by atoms with Gasteiger partial charge in [-0.25, -0.2) is 0 Å². The Labute approximate surface area is 73.3 Å². The van der Waals surface area contributed by atoms with Crippen molar-refractivity contribution in [3.8, 4) is 0 Å². The maximum atomic E-state index is 4.00. The van der Waals surface area contributed by atoms with Gasteiger partial charge in [-0.15, -0.1) is 0 Å². The van der Waals surface area contributed by atoms with Crippen LogP contribution in [0.15, 0.2) is 59.8 Å². The van der Waals surface area contributed by atoms with Crippen LogP contribution in [0, 0.1) is 6.42 Å². The Bertz CT molecular complexity index is 322. The molecule has 0 amide bonds. The van der Waals surface area contributed by atoms with Gasteiger partial charge in [-0.1, -0.05) is 12.7 Å². The molecule has 0 unspecified atom stereocenters. The lowest BCUT2D eigenvalue weighted by molar-refractivity contribution is 1.20. The van der Waals surface area contributed by atoms with Gasteiger partial charge >= 0.3 is 0 Å². The number of hydrogen-bond acceptors (Lipinski definition) is 0. The second-order valence-corrected chi connectivity index (χ2v) is 3.05. The van der Waals surface area contributed by atoms with Crippen molar-refractivity contribution in [2.45, 2.75) is 6.42 Å². The second kappa shape index (κ2) is 2.90. The van der Waals surface area contributed by atoms with Gasteiger partial charge < -0.3 is 0 Å². The molecule has 0 aliphatic heterocycles. The third-order valence-electron chi connectivity index (χ3n) is 2.13. The molecule has 0 fully saturated rings. The summed E-state index contributed by atoms with van der Waals surface area (Å²) in [5.41, 5.74) is 3.80. The molecule has 2 bridgehead atoms. The minimum absolute atomic E-state index is 1.01. The van der Waals surface area contributed by atoms with Crippen molar-refractivity contribution in [1.82, 2.24) is 0 Å². The van der Waals surface area contributed by atoms with Gasteiger partial charge in [0.25, 0.3) is 0 Å². The average molecular weight is 155 g/mol. The second-order valence-electron chi connectivity index (χ2n) is 3.05. The summed E-state index contributed by atoms with van der Waals surface area (Å²) in [6.07, 6.45) is 15.7. The Morgan fingerprint density at radius 2 is 2.25 bits per heavy atom. The van der Waals surface area contributed by atoms with Crippen LogP contribution in [0.25, 0.3) is 0 Å². The highest BCUT2D eigenvalue weighted by molar-refractivity contribution is 5.50. The number of hydrogen-bond donors (Lipinski definition) is 0. The lowest BCUT2D eigenvalue weighted by Crippen LogP contribution is -1.84. The summed E-state index contributed by atoms with van der Waals surface area (Å²) in [5.74, 6) is 0. The number of rotatable bonds is 0. The van der Waals surface area contributed by atoms with Gasteiger partial charge in [0.05, 0.1) is 18.1 Å². The van der Waals surface area contributed by atoms with Crippen LogP contribution in [0.3, 0.4) is 0 Å². The number of allylic oxidation sites excluding steroid dienone is 9. The molecule has 0 spiro atoms. The predicted molar refractivity (Wildman–Crippen MR) is 52.5 cm³/mol. The van der Waals surface area contributed by atoms with Crippen molar-refractivity contribution in [1.29, 1.82) is 0 Å². The third-order valence-corrected chi connectivity index (χ3v) is 2.13. The first kappa shape index (κ1) is 7.23. The maximum Gasteiger partial charge on any atom is 0.0552 e. The van der Waals surface area contributed by atoms with Crippen molar-refractivity contribution in [3.63, 3.8) is 0 Å². The molecule has 0 atom stereocenters. The molecule has 0 aromatic rings. The fraction of sp³-hybridized carbons (Fsp3) is 0.0833. The van der Waals surface area contributed by atoms with E-state index in [2.05, 4.69) is 49.5 Å². The van der Waals surface area contributed by atoms with Gasteiger partial charge in [-0.3, -0.25) is 0 Å². The quantitative estimate of drug-likeness (QED) is 0.471. The van der Waals surface area contributed by atoms with Crippen LogP contribution in [-0.2, 0) is 0 Å². The SMILES string of the molecule is C=C1C=CC=C2C=C[CH+]C=C1C2. The Hall–Kier alpha value is -1.43. The zero-order valence-electron chi connectivity index (χ0n) is 6.96. The van der Waals surface area contributed by atoms with E-state index >= 15 is 0 Å². The molecule has 0 aromatic carbocycles. The van der Waals surface area contributed by atoms with E-state index in [1.807, 2.05) is 0 Å². The Morgan fingerprint density at radius 3 is 3.17 bits per heavy atom. The molecule has 2 aliphatic rings. The Morgan fingerprint density at radius 1 is 1.33 bits per heavy atom. The molecule has 0 saturated heterocycles. The van der Waals surface area contributed by atoms with E-state index in [0.717, 1.165) is 12.0 Å². The molecule has 0 radical (unpaired) electrons. The van der Waals surface area contributed by atoms with Crippen molar-refractivity contribution >= 4 is 0 Å². The van der Waals surface area contributed by atoms with Crippen molar-refractivity contribution < 1.29 is 0 Å². The maximum absolute atomic E-state index is 4.00. The first-order valence-electron chi connectivity index (χ1n) is 4.13. The van der Waals surface area contributed by atoms with Gasteiger partial charge in [-0.2, -0.15) is 0 Å². The van der Waals surface area contributed by atoms with Crippen LogP contribution in [0.2, 0.25) is 0 Å². The Balaban J connectivity index is 2.44. The van der Waals surface area contributed by atoms with Crippen molar-refractivity contribution in [2.24, 2.45) is 0 Å². The summed E-state index contributed by atoms with van der Waals surface area (Å²) < 4.78 is 0. The molecule has 0 nitrogen and oxygen atoms in total. The molecule has 0 heteroatoms. The molecule has 2 rings (SSSR count).